The summed E-state index contributed by atoms with van der Waals surface area (Å²) in [5, 5.41) is 0. The molecule has 1 heterocycles. The third kappa shape index (κ3) is 1.64. The van der Waals surface area contributed by atoms with Gasteiger partial charge in [0.25, 0.3) is 5.91 Å². The fourth-order valence-electron chi connectivity index (χ4n) is 2.32. The van der Waals surface area contributed by atoms with Crippen LogP contribution < -0.4 is 10.6 Å². The first-order valence-corrected chi connectivity index (χ1v) is 5.92. The summed E-state index contributed by atoms with van der Waals surface area (Å²) in [7, 11) is 0. The van der Waals surface area contributed by atoms with Gasteiger partial charge in [-0.1, -0.05) is 18.2 Å². The van der Waals surface area contributed by atoms with E-state index in [1.807, 2.05) is 43.3 Å². The number of rotatable bonds is 1. The number of fused-ring (bicyclic) bond motifs is 1. The predicted molar refractivity (Wildman–Crippen MR) is 72.5 cm³/mol. The van der Waals surface area contributed by atoms with Crippen molar-refractivity contribution in [1.82, 2.24) is 0 Å². The Balaban J connectivity index is 2.02. The maximum absolute atomic E-state index is 12.3. The number of benzene rings is 2. The maximum Gasteiger partial charge on any atom is 0.259 e. The molecule has 1 aliphatic heterocycles. The molecule has 2 N–H and O–H groups in total. The molecule has 0 spiro atoms. The molecule has 0 radical (unpaired) electrons. The number of nitrogens with two attached hydrogens (primary N) is 1. The van der Waals surface area contributed by atoms with Crippen LogP contribution in [0.1, 0.15) is 21.5 Å². The van der Waals surface area contributed by atoms with E-state index in [0.29, 0.717) is 12.2 Å². The zero-order valence-corrected chi connectivity index (χ0v) is 10.2. The molecule has 0 saturated carbocycles. The van der Waals surface area contributed by atoms with Gasteiger partial charge in [-0.05, 0) is 42.3 Å². The number of aryl methyl sites for hydroxylation is 1. The summed E-state index contributed by atoms with van der Waals surface area (Å²) < 4.78 is 0. The molecule has 1 aliphatic rings. The highest BCUT2D eigenvalue weighted by molar-refractivity contribution is 6.10. The number of anilines is 2. The van der Waals surface area contributed by atoms with Crippen LogP contribution in [0.2, 0.25) is 0 Å². The molecule has 0 fully saturated rings. The van der Waals surface area contributed by atoms with E-state index in [1.54, 1.807) is 11.0 Å². The van der Waals surface area contributed by atoms with Gasteiger partial charge < -0.3 is 10.6 Å². The van der Waals surface area contributed by atoms with E-state index in [9.17, 15) is 4.79 Å². The van der Waals surface area contributed by atoms with Gasteiger partial charge in [-0.3, -0.25) is 4.79 Å². The molecule has 2 aromatic carbocycles. The van der Waals surface area contributed by atoms with Crippen LogP contribution in [0.3, 0.4) is 0 Å². The van der Waals surface area contributed by atoms with Crippen molar-refractivity contribution in [3.63, 3.8) is 0 Å². The van der Waals surface area contributed by atoms with Gasteiger partial charge in [0.05, 0.1) is 6.54 Å². The molecular weight excluding hydrogens is 224 g/mol. The molecule has 0 saturated heterocycles. The average molecular weight is 238 g/mol. The third-order valence-electron chi connectivity index (χ3n) is 3.25. The normalized spacial score (nSPS) is 13.8. The first-order chi connectivity index (χ1) is 8.65. The zero-order valence-electron chi connectivity index (χ0n) is 10.2. The van der Waals surface area contributed by atoms with Crippen molar-refractivity contribution in [1.29, 1.82) is 0 Å². The Hall–Kier alpha value is -2.29. The molecule has 3 heteroatoms. The van der Waals surface area contributed by atoms with Crippen molar-refractivity contribution in [2.45, 2.75) is 13.5 Å². The van der Waals surface area contributed by atoms with Crippen molar-refractivity contribution in [2.75, 3.05) is 10.6 Å². The lowest BCUT2D eigenvalue weighted by Crippen LogP contribution is -2.22. The van der Waals surface area contributed by atoms with E-state index >= 15 is 0 Å². The lowest BCUT2D eigenvalue weighted by molar-refractivity contribution is 0.0996. The summed E-state index contributed by atoms with van der Waals surface area (Å²) in [5.74, 6) is 0.0305. The smallest absolute Gasteiger partial charge is 0.259 e. The highest BCUT2D eigenvalue weighted by Crippen LogP contribution is 2.29. The van der Waals surface area contributed by atoms with Gasteiger partial charge in [-0.15, -0.1) is 0 Å². The van der Waals surface area contributed by atoms with E-state index in [-0.39, 0.29) is 5.91 Å². The Kier molecular flexibility index (Phi) is 2.33. The second kappa shape index (κ2) is 3.88. The molecule has 90 valence electrons. The number of nitrogens with zero attached hydrogens (tertiary/aromatic N) is 1. The van der Waals surface area contributed by atoms with Crippen LogP contribution in [0.4, 0.5) is 11.4 Å². The largest absolute Gasteiger partial charge is 0.399 e. The predicted octanol–water partition coefficient (Wildman–Crippen LogP) is 2.74. The van der Waals surface area contributed by atoms with Gasteiger partial charge >= 0.3 is 0 Å². The Bertz CT molecular complexity index is 634. The molecule has 3 nitrogen and oxygen atoms in total. The minimum Gasteiger partial charge on any atom is -0.399 e. The van der Waals surface area contributed by atoms with Gasteiger partial charge in [-0.2, -0.15) is 0 Å². The maximum atomic E-state index is 12.3. The minimum atomic E-state index is 0.0305. The standard InChI is InChI=1S/C15H14N2O/c1-10-3-2-4-13(7-10)17-9-11-5-6-12(16)8-14(11)15(17)18/h2-8H,9,16H2,1H3. The van der Waals surface area contributed by atoms with Crippen molar-refractivity contribution in [3.05, 3.63) is 59.2 Å². The summed E-state index contributed by atoms with van der Waals surface area (Å²) in [6.45, 7) is 2.65. The second-order valence-corrected chi connectivity index (χ2v) is 4.65. The SMILES string of the molecule is Cc1cccc(N2Cc3ccc(N)cc3C2=O)c1. The van der Waals surface area contributed by atoms with Gasteiger partial charge in [0.2, 0.25) is 0 Å². The Labute approximate surface area is 106 Å². The molecule has 1 amide bonds. The number of carbonyl (C=O) groups excluding carboxylic acids is 1. The quantitative estimate of drug-likeness (QED) is 0.776. The lowest BCUT2D eigenvalue weighted by Gasteiger charge is -2.16. The Morgan fingerprint density at radius 2 is 2.00 bits per heavy atom. The highest BCUT2D eigenvalue weighted by atomic mass is 16.2. The molecule has 2 aromatic rings. The average Bonchev–Trinajstić information content (AvgIpc) is 2.67. The van der Waals surface area contributed by atoms with Gasteiger partial charge in [0, 0.05) is 16.9 Å². The summed E-state index contributed by atoms with van der Waals surface area (Å²) in [5.41, 5.74) is 10.2. The van der Waals surface area contributed by atoms with E-state index in [2.05, 4.69) is 0 Å². The van der Waals surface area contributed by atoms with Crippen molar-refractivity contribution >= 4 is 17.3 Å². The van der Waals surface area contributed by atoms with Crippen molar-refractivity contribution < 1.29 is 4.79 Å². The summed E-state index contributed by atoms with van der Waals surface area (Å²) in [6.07, 6.45) is 0. The summed E-state index contributed by atoms with van der Waals surface area (Å²) in [6, 6.07) is 13.5. The summed E-state index contributed by atoms with van der Waals surface area (Å²) >= 11 is 0. The number of amides is 1. The van der Waals surface area contributed by atoms with Crippen LogP contribution in [0.5, 0.6) is 0 Å². The second-order valence-electron chi connectivity index (χ2n) is 4.65. The molecular formula is C15H14N2O. The molecule has 0 aliphatic carbocycles. The topological polar surface area (TPSA) is 46.3 Å². The summed E-state index contributed by atoms with van der Waals surface area (Å²) in [4.78, 5) is 14.1. The van der Waals surface area contributed by atoms with Crippen LogP contribution >= 0.6 is 0 Å². The first-order valence-electron chi connectivity index (χ1n) is 5.92. The third-order valence-corrected chi connectivity index (χ3v) is 3.25. The van der Waals surface area contributed by atoms with E-state index < -0.39 is 0 Å². The monoisotopic (exact) mass is 238 g/mol. The van der Waals surface area contributed by atoms with Crippen LogP contribution in [0.15, 0.2) is 42.5 Å². The number of hydrogen-bond acceptors (Lipinski definition) is 2. The number of carbonyl (C=O) groups is 1. The van der Waals surface area contributed by atoms with Crippen LogP contribution in [-0.4, -0.2) is 5.91 Å². The van der Waals surface area contributed by atoms with Crippen LogP contribution in [0.25, 0.3) is 0 Å². The van der Waals surface area contributed by atoms with E-state index in [4.69, 9.17) is 5.73 Å². The van der Waals surface area contributed by atoms with Gasteiger partial charge in [-0.25, -0.2) is 0 Å². The molecule has 0 aromatic heterocycles. The number of nitrogen functional groups attached to an aromatic ring is 1. The lowest BCUT2D eigenvalue weighted by atomic mass is 10.1. The minimum absolute atomic E-state index is 0.0305. The Morgan fingerprint density at radius 1 is 1.17 bits per heavy atom. The fraction of sp³-hybridized carbons (Fsp3) is 0.133. The van der Waals surface area contributed by atoms with Crippen molar-refractivity contribution in [3.8, 4) is 0 Å². The van der Waals surface area contributed by atoms with Gasteiger partial charge in [0.1, 0.15) is 0 Å². The highest BCUT2D eigenvalue weighted by Gasteiger charge is 2.28. The fourth-order valence-corrected chi connectivity index (χ4v) is 2.32. The van der Waals surface area contributed by atoms with E-state index in [0.717, 1.165) is 22.4 Å². The van der Waals surface area contributed by atoms with Crippen LogP contribution in [-0.2, 0) is 6.54 Å². The molecule has 0 atom stereocenters. The number of hydrogen-bond donors (Lipinski definition) is 1. The van der Waals surface area contributed by atoms with Crippen molar-refractivity contribution in [2.24, 2.45) is 0 Å². The van der Waals surface area contributed by atoms with Gasteiger partial charge in [0.15, 0.2) is 0 Å². The first kappa shape index (κ1) is 10.8. The van der Waals surface area contributed by atoms with Crippen LogP contribution in [0, 0.1) is 6.92 Å². The molecule has 0 bridgehead atoms. The molecule has 3 rings (SSSR count). The Morgan fingerprint density at radius 3 is 2.78 bits per heavy atom. The molecule has 18 heavy (non-hydrogen) atoms. The zero-order chi connectivity index (χ0) is 12.7. The molecule has 0 unspecified atom stereocenters. The van der Waals surface area contributed by atoms with E-state index in [1.165, 1.54) is 0 Å².